The van der Waals surface area contributed by atoms with Crippen molar-refractivity contribution in [2.24, 2.45) is 0 Å². The van der Waals surface area contributed by atoms with Gasteiger partial charge in [-0.05, 0) is 45.6 Å². The van der Waals surface area contributed by atoms with Crippen molar-refractivity contribution in [1.29, 1.82) is 0 Å². The molecule has 3 amide bonds. The van der Waals surface area contributed by atoms with E-state index in [1.807, 2.05) is 40.2 Å². The average molecular weight is 445 g/mol. The number of carbonyl (C=O) groups excluding carboxylic acids is 3. The van der Waals surface area contributed by atoms with E-state index in [1.54, 1.807) is 0 Å². The number of carbonyl (C=O) groups is 3. The van der Waals surface area contributed by atoms with E-state index in [0.717, 1.165) is 31.2 Å². The number of likely N-dealkylation sites (tertiary alicyclic amines) is 1. The second kappa shape index (κ2) is 10.3. The van der Waals surface area contributed by atoms with Crippen LogP contribution in [0.5, 0.6) is 0 Å². The third-order valence-corrected chi connectivity index (χ3v) is 6.17. The molecular formula is C24H36N4O4. The summed E-state index contributed by atoms with van der Waals surface area (Å²) in [6, 6.07) is 8.89. The minimum Gasteiger partial charge on any atom is -0.445 e. The van der Waals surface area contributed by atoms with Gasteiger partial charge < -0.3 is 15.0 Å². The van der Waals surface area contributed by atoms with E-state index < -0.39 is 12.1 Å². The molecule has 8 nitrogen and oxygen atoms in total. The minimum atomic E-state index is -0.580. The van der Waals surface area contributed by atoms with Crippen molar-refractivity contribution in [2.45, 2.75) is 90.1 Å². The number of rotatable bonds is 6. The molecule has 1 aromatic rings. The van der Waals surface area contributed by atoms with Gasteiger partial charge in [0, 0.05) is 25.0 Å². The van der Waals surface area contributed by atoms with Crippen molar-refractivity contribution >= 4 is 17.9 Å². The second-order valence-electron chi connectivity index (χ2n) is 9.71. The Hall–Kier alpha value is -2.61. The molecule has 1 aliphatic carbocycles. The molecule has 0 bridgehead atoms. The van der Waals surface area contributed by atoms with Gasteiger partial charge in [0.15, 0.2) is 0 Å². The van der Waals surface area contributed by atoms with Crippen molar-refractivity contribution in [1.82, 2.24) is 20.7 Å². The summed E-state index contributed by atoms with van der Waals surface area (Å²) in [5.74, 6) is -0.187. The molecule has 2 N–H and O–H groups in total. The third kappa shape index (κ3) is 6.00. The van der Waals surface area contributed by atoms with E-state index in [-0.39, 0.29) is 36.0 Å². The van der Waals surface area contributed by atoms with Crippen LogP contribution in [0.25, 0.3) is 0 Å². The number of hydrogen-bond acceptors (Lipinski definition) is 5. The summed E-state index contributed by atoms with van der Waals surface area (Å²) in [5, 5.41) is 4.75. The molecule has 1 saturated heterocycles. The molecule has 0 spiro atoms. The molecule has 2 fully saturated rings. The number of benzene rings is 1. The van der Waals surface area contributed by atoms with E-state index >= 15 is 0 Å². The first-order valence-electron chi connectivity index (χ1n) is 11.5. The van der Waals surface area contributed by atoms with Crippen LogP contribution in [-0.2, 0) is 20.9 Å². The van der Waals surface area contributed by atoms with E-state index in [1.165, 1.54) is 6.92 Å². The zero-order chi connectivity index (χ0) is 23.3. The van der Waals surface area contributed by atoms with Crippen LogP contribution in [0, 0.1) is 0 Å². The number of ether oxygens (including phenoxy) is 1. The lowest BCUT2D eigenvalue weighted by atomic mass is 9.86. The van der Waals surface area contributed by atoms with E-state index in [9.17, 15) is 14.4 Å². The zero-order valence-electron chi connectivity index (χ0n) is 19.6. The van der Waals surface area contributed by atoms with Gasteiger partial charge in [0.2, 0.25) is 11.8 Å². The molecule has 0 unspecified atom stereocenters. The van der Waals surface area contributed by atoms with E-state index in [2.05, 4.69) is 31.5 Å². The summed E-state index contributed by atoms with van der Waals surface area (Å²) < 4.78 is 5.29. The molecule has 1 saturated carbocycles. The summed E-state index contributed by atoms with van der Waals surface area (Å²) in [6.07, 6.45) is 3.86. The Kier molecular flexibility index (Phi) is 7.77. The van der Waals surface area contributed by atoms with Crippen LogP contribution < -0.4 is 10.7 Å². The monoisotopic (exact) mass is 444 g/mol. The molecule has 1 heterocycles. The highest BCUT2D eigenvalue weighted by Gasteiger charge is 2.44. The summed E-state index contributed by atoms with van der Waals surface area (Å²) in [6.45, 7) is 8.45. The molecule has 2 aliphatic rings. The largest absolute Gasteiger partial charge is 0.445 e. The SMILES string of the molecule is CC(=O)NN([C@H]1CCCC[C@@H]1N1CC[C@H](NC(=O)OCc2ccccc2)C1=O)C(C)(C)C. The van der Waals surface area contributed by atoms with Crippen molar-refractivity contribution in [3.05, 3.63) is 35.9 Å². The Labute approximate surface area is 190 Å². The molecule has 3 atom stereocenters. The fourth-order valence-corrected chi connectivity index (χ4v) is 4.75. The van der Waals surface area contributed by atoms with Crippen LogP contribution in [0.4, 0.5) is 4.79 Å². The zero-order valence-corrected chi connectivity index (χ0v) is 19.6. The maximum atomic E-state index is 13.2. The lowest BCUT2D eigenvalue weighted by molar-refractivity contribution is -0.138. The first-order chi connectivity index (χ1) is 15.2. The Morgan fingerprint density at radius 1 is 1.12 bits per heavy atom. The molecule has 32 heavy (non-hydrogen) atoms. The Bertz CT molecular complexity index is 808. The maximum Gasteiger partial charge on any atom is 0.408 e. The van der Waals surface area contributed by atoms with Gasteiger partial charge in [-0.3, -0.25) is 15.0 Å². The lowest BCUT2D eigenvalue weighted by Crippen LogP contribution is -2.64. The normalized spacial score (nSPS) is 23.8. The Morgan fingerprint density at radius 3 is 2.47 bits per heavy atom. The topological polar surface area (TPSA) is 91.0 Å². The van der Waals surface area contributed by atoms with Gasteiger partial charge in [0.1, 0.15) is 12.6 Å². The van der Waals surface area contributed by atoms with Gasteiger partial charge in [-0.1, -0.05) is 43.2 Å². The average Bonchev–Trinajstić information content (AvgIpc) is 3.10. The first kappa shape index (κ1) is 24.0. The van der Waals surface area contributed by atoms with Crippen molar-refractivity contribution < 1.29 is 19.1 Å². The Balaban J connectivity index is 1.63. The first-order valence-corrected chi connectivity index (χ1v) is 11.5. The molecule has 1 aliphatic heterocycles. The van der Waals surface area contributed by atoms with E-state index in [4.69, 9.17) is 4.74 Å². The molecule has 176 valence electrons. The second-order valence-corrected chi connectivity index (χ2v) is 9.71. The van der Waals surface area contributed by atoms with Crippen molar-refractivity contribution in [3.63, 3.8) is 0 Å². The Morgan fingerprint density at radius 2 is 1.81 bits per heavy atom. The van der Waals surface area contributed by atoms with Crippen molar-refractivity contribution in [3.8, 4) is 0 Å². The highest BCUT2D eigenvalue weighted by Crippen LogP contribution is 2.32. The van der Waals surface area contributed by atoms with Crippen LogP contribution in [-0.4, -0.2) is 58.0 Å². The van der Waals surface area contributed by atoms with Gasteiger partial charge in [-0.15, -0.1) is 0 Å². The number of alkyl carbamates (subject to hydrolysis) is 1. The predicted octanol–water partition coefficient (Wildman–Crippen LogP) is 2.98. The minimum absolute atomic E-state index is 0.00513. The predicted molar refractivity (Wildman–Crippen MR) is 121 cm³/mol. The molecular weight excluding hydrogens is 408 g/mol. The van der Waals surface area contributed by atoms with Crippen LogP contribution in [0.2, 0.25) is 0 Å². The molecule has 3 rings (SSSR count). The van der Waals surface area contributed by atoms with Crippen LogP contribution >= 0.6 is 0 Å². The number of amides is 3. The molecule has 8 heteroatoms. The van der Waals surface area contributed by atoms with Gasteiger partial charge in [-0.2, -0.15) is 0 Å². The van der Waals surface area contributed by atoms with Crippen LogP contribution in [0.15, 0.2) is 30.3 Å². The summed E-state index contributed by atoms with van der Waals surface area (Å²) >= 11 is 0. The maximum absolute atomic E-state index is 13.2. The van der Waals surface area contributed by atoms with Crippen molar-refractivity contribution in [2.75, 3.05) is 6.54 Å². The summed E-state index contributed by atoms with van der Waals surface area (Å²) in [7, 11) is 0. The summed E-state index contributed by atoms with van der Waals surface area (Å²) in [5.41, 5.74) is 3.61. The van der Waals surface area contributed by atoms with E-state index in [0.29, 0.717) is 13.0 Å². The summed E-state index contributed by atoms with van der Waals surface area (Å²) in [4.78, 5) is 39.2. The smallest absolute Gasteiger partial charge is 0.408 e. The molecule has 0 radical (unpaired) electrons. The van der Waals surface area contributed by atoms with Gasteiger partial charge in [0.05, 0.1) is 6.04 Å². The third-order valence-electron chi connectivity index (χ3n) is 6.17. The van der Waals surface area contributed by atoms with Crippen LogP contribution in [0.1, 0.15) is 65.4 Å². The van der Waals surface area contributed by atoms with Gasteiger partial charge in [-0.25, -0.2) is 9.80 Å². The fourth-order valence-electron chi connectivity index (χ4n) is 4.75. The highest BCUT2D eigenvalue weighted by molar-refractivity contribution is 5.87. The number of nitrogens with zero attached hydrogens (tertiary/aromatic N) is 2. The number of hydrazine groups is 1. The van der Waals surface area contributed by atoms with Gasteiger partial charge >= 0.3 is 6.09 Å². The number of nitrogens with one attached hydrogen (secondary N) is 2. The van der Waals surface area contributed by atoms with Gasteiger partial charge in [0.25, 0.3) is 0 Å². The number of hydrogen-bond donors (Lipinski definition) is 2. The molecule has 1 aromatic carbocycles. The quantitative estimate of drug-likeness (QED) is 0.659. The molecule has 0 aromatic heterocycles. The standard InChI is InChI=1S/C24H36N4O4/c1-17(29)26-28(24(2,3)4)21-13-9-8-12-20(21)27-15-14-19(22(27)30)25-23(31)32-16-18-10-6-5-7-11-18/h5-7,10-11,19-21H,8-9,12-16H2,1-4H3,(H,25,31)(H,26,29)/t19-,20-,21-/m0/s1. The van der Waals surface area contributed by atoms with Crippen LogP contribution in [0.3, 0.4) is 0 Å². The fraction of sp³-hybridized carbons (Fsp3) is 0.625. The lowest BCUT2D eigenvalue weighted by Gasteiger charge is -2.48. The highest BCUT2D eigenvalue weighted by atomic mass is 16.5.